The number of fused-ring (bicyclic) bond motifs is 2. The Balaban J connectivity index is 1.70. The van der Waals surface area contributed by atoms with Crippen LogP contribution in [0.25, 0.3) is 28.0 Å². The number of imidazole rings is 2. The van der Waals surface area contributed by atoms with Gasteiger partial charge in [-0.2, -0.15) is 9.97 Å². The van der Waals surface area contributed by atoms with Crippen LogP contribution in [0.5, 0.6) is 0 Å². The van der Waals surface area contributed by atoms with Crippen LogP contribution < -0.4 is 0 Å². The molecule has 4 aromatic rings. The van der Waals surface area contributed by atoms with Crippen LogP contribution in [0.4, 0.5) is 8.78 Å². The number of aromatic nitrogens is 6. The number of halogens is 3. The second kappa shape index (κ2) is 7.26. The van der Waals surface area contributed by atoms with E-state index in [1.54, 1.807) is 37.4 Å². The molecule has 1 unspecified atom stereocenters. The van der Waals surface area contributed by atoms with Gasteiger partial charge in [0.2, 0.25) is 5.28 Å². The number of para-hydroxylation sites is 2. The topological polar surface area (TPSA) is 84.9 Å². The average molecular weight is 432 g/mol. The molecule has 8 nitrogen and oxygen atoms in total. The van der Waals surface area contributed by atoms with Crippen molar-refractivity contribution >= 4 is 40.8 Å². The molecule has 1 aliphatic heterocycles. The van der Waals surface area contributed by atoms with Crippen LogP contribution in [0.3, 0.4) is 0 Å². The van der Waals surface area contributed by atoms with E-state index in [0.717, 1.165) is 13.0 Å². The number of nitrogens with zero attached hydrogens (tertiary/aromatic N) is 7. The molecule has 0 bridgehead atoms. The van der Waals surface area contributed by atoms with Crippen molar-refractivity contribution in [3.63, 3.8) is 0 Å². The summed E-state index contributed by atoms with van der Waals surface area (Å²) in [6, 6.07) is 6.87. The maximum atomic E-state index is 13.8. The Morgan fingerprint density at radius 2 is 2.03 bits per heavy atom. The van der Waals surface area contributed by atoms with Gasteiger partial charge in [0.25, 0.3) is 6.43 Å². The van der Waals surface area contributed by atoms with Crippen molar-refractivity contribution in [1.82, 2.24) is 33.9 Å². The molecule has 0 spiro atoms. The fraction of sp³-hybridized carbons (Fsp3) is 0.333. The van der Waals surface area contributed by atoms with Crippen molar-refractivity contribution in [2.24, 2.45) is 0 Å². The first-order valence-electron chi connectivity index (χ1n) is 9.52. The van der Waals surface area contributed by atoms with Gasteiger partial charge in [0.1, 0.15) is 0 Å². The minimum absolute atomic E-state index is 0.0255. The van der Waals surface area contributed by atoms with Gasteiger partial charge in [-0.1, -0.05) is 12.1 Å². The maximum absolute atomic E-state index is 13.8. The van der Waals surface area contributed by atoms with Crippen molar-refractivity contribution in [3.05, 3.63) is 41.7 Å². The number of hydrogen-bond acceptors (Lipinski definition) is 6. The molecule has 0 saturated carbocycles. The summed E-state index contributed by atoms with van der Waals surface area (Å²) >= 11 is 6.20. The molecule has 1 N–H and O–H groups in total. The fourth-order valence-electron chi connectivity index (χ4n) is 4.05. The third-order valence-electron chi connectivity index (χ3n) is 5.49. The summed E-state index contributed by atoms with van der Waals surface area (Å²) in [5.41, 5.74) is 1.73. The molecule has 154 valence electrons. The van der Waals surface area contributed by atoms with E-state index >= 15 is 0 Å². The monoisotopic (exact) mass is 431 g/mol. The average Bonchev–Trinajstić information content (AvgIpc) is 3.43. The lowest BCUT2D eigenvalue weighted by atomic mass is 9.86. The van der Waals surface area contributed by atoms with Crippen molar-refractivity contribution in [2.45, 2.75) is 25.7 Å². The van der Waals surface area contributed by atoms with Crippen LogP contribution in [0.1, 0.15) is 24.7 Å². The third kappa shape index (κ3) is 3.04. The van der Waals surface area contributed by atoms with E-state index in [4.69, 9.17) is 11.6 Å². The Kier molecular flexibility index (Phi) is 4.68. The zero-order valence-electron chi connectivity index (χ0n) is 16.0. The summed E-state index contributed by atoms with van der Waals surface area (Å²) < 4.78 is 30.8. The summed E-state index contributed by atoms with van der Waals surface area (Å²) in [6.45, 7) is 3.08. The highest BCUT2D eigenvalue weighted by molar-refractivity contribution is 6.45. The van der Waals surface area contributed by atoms with Gasteiger partial charge in [-0.25, -0.2) is 18.7 Å². The summed E-state index contributed by atoms with van der Waals surface area (Å²) in [5, 5.41) is 9.78. The fourth-order valence-corrected chi connectivity index (χ4v) is 4.21. The lowest BCUT2D eigenvalue weighted by Gasteiger charge is -2.17. The third-order valence-corrected chi connectivity index (χ3v) is 5.66. The van der Waals surface area contributed by atoms with E-state index < -0.39 is 19.3 Å². The molecule has 0 aliphatic carbocycles. The van der Waals surface area contributed by atoms with Gasteiger partial charge in [-0.15, -0.1) is 0 Å². The number of alkyl halides is 2. The molecule has 12 heteroatoms. The SMILES string of the molecule is CB(O)N1CCC(n2cnc3c(-n4c(C(F)F)nc5ccccc54)nc(Cl)nc32)C1. The van der Waals surface area contributed by atoms with Gasteiger partial charge >= 0.3 is 7.05 Å². The van der Waals surface area contributed by atoms with E-state index in [0.29, 0.717) is 28.7 Å². The number of hydrogen-bond donors (Lipinski definition) is 1. The van der Waals surface area contributed by atoms with Gasteiger partial charge < -0.3 is 14.4 Å². The molecule has 0 radical (unpaired) electrons. The van der Waals surface area contributed by atoms with E-state index in [-0.39, 0.29) is 17.1 Å². The van der Waals surface area contributed by atoms with Crippen LogP contribution in [-0.4, -0.2) is 59.0 Å². The smallest absolute Gasteiger partial charge is 0.376 e. The Labute approximate surface area is 175 Å². The lowest BCUT2D eigenvalue weighted by molar-refractivity contribution is 0.139. The van der Waals surface area contributed by atoms with E-state index in [1.165, 1.54) is 4.57 Å². The Morgan fingerprint density at radius 3 is 2.77 bits per heavy atom. The van der Waals surface area contributed by atoms with Gasteiger partial charge in [-0.3, -0.25) is 4.57 Å². The van der Waals surface area contributed by atoms with Gasteiger partial charge in [0.15, 0.2) is 22.8 Å². The Morgan fingerprint density at radius 1 is 1.23 bits per heavy atom. The molecular formula is C18H17BClF2N7O. The van der Waals surface area contributed by atoms with E-state index in [2.05, 4.69) is 19.9 Å². The zero-order chi connectivity index (χ0) is 21.0. The Hall–Kier alpha value is -2.63. The largest absolute Gasteiger partial charge is 0.437 e. The normalized spacial score (nSPS) is 17.6. The van der Waals surface area contributed by atoms with E-state index in [1.807, 2.05) is 9.38 Å². The maximum Gasteiger partial charge on any atom is 0.376 e. The van der Waals surface area contributed by atoms with Crippen LogP contribution in [0.15, 0.2) is 30.6 Å². The number of benzene rings is 1. The second-order valence-corrected chi connectivity index (χ2v) is 7.64. The molecule has 1 aliphatic rings. The predicted molar refractivity (Wildman–Crippen MR) is 109 cm³/mol. The molecule has 1 aromatic carbocycles. The van der Waals surface area contributed by atoms with Gasteiger partial charge in [0.05, 0.1) is 17.4 Å². The summed E-state index contributed by atoms with van der Waals surface area (Å²) in [7, 11) is -0.551. The molecule has 3 aromatic heterocycles. The highest BCUT2D eigenvalue weighted by Gasteiger charge is 2.31. The number of rotatable bonds is 4. The highest BCUT2D eigenvalue weighted by Crippen LogP contribution is 2.32. The Bertz CT molecular complexity index is 1240. The first kappa shape index (κ1) is 19.3. The second-order valence-electron chi connectivity index (χ2n) is 7.30. The van der Waals surface area contributed by atoms with Crippen LogP contribution >= 0.6 is 11.6 Å². The van der Waals surface area contributed by atoms with Gasteiger partial charge in [-0.05, 0) is 43.5 Å². The molecule has 1 saturated heterocycles. The summed E-state index contributed by atoms with van der Waals surface area (Å²) in [5.74, 6) is -0.263. The molecular weight excluding hydrogens is 415 g/mol. The predicted octanol–water partition coefficient (Wildman–Crippen LogP) is 3.11. The molecule has 0 amide bonds. The minimum atomic E-state index is -2.81. The van der Waals surface area contributed by atoms with E-state index in [9.17, 15) is 13.8 Å². The van der Waals surface area contributed by atoms with Crippen molar-refractivity contribution in [3.8, 4) is 5.82 Å². The lowest BCUT2D eigenvalue weighted by Crippen LogP contribution is -2.35. The van der Waals surface area contributed by atoms with Crippen molar-refractivity contribution < 1.29 is 13.8 Å². The van der Waals surface area contributed by atoms with Crippen molar-refractivity contribution in [2.75, 3.05) is 13.1 Å². The zero-order valence-corrected chi connectivity index (χ0v) is 16.7. The molecule has 4 heterocycles. The molecule has 1 fully saturated rings. The highest BCUT2D eigenvalue weighted by atomic mass is 35.5. The quantitative estimate of drug-likeness (QED) is 0.395. The first-order valence-corrected chi connectivity index (χ1v) is 9.90. The molecule has 5 rings (SSSR count). The van der Waals surface area contributed by atoms with Crippen LogP contribution in [-0.2, 0) is 0 Å². The molecule has 30 heavy (non-hydrogen) atoms. The first-order chi connectivity index (χ1) is 14.4. The minimum Gasteiger partial charge on any atom is -0.437 e. The van der Waals surface area contributed by atoms with Gasteiger partial charge in [0, 0.05) is 12.6 Å². The standard InChI is InChI=1S/C18H17BClF2N7O/c1-19(30)27-7-6-10(8-27)28-9-23-13-15(28)25-18(20)26-16(13)29-12-5-3-2-4-11(12)24-17(29)14(21)22/h2-5,9-10,14,30H,6-8H2,1H3. The van der Waals surface area contributed by atoms with Crippen molar-refractivity contribution in [1.29, 1.82) is 0 Å². The summed E-state index contributed by atoms with van der Waals surface area (Å²) in [4.78, 5) is 19.0. The molecule has 1 atom stereocenters. The van der Waals surface area contributed by atoms with Crippen LogP contribution in [0, 0.1) is 0 Å². The van der Waals surface area contributed by atoms with Crippen LogP contribution in [0.2, 0.25) is 12.1 Å². The summed E-state index contributed by atoms with van der Waals surface area (Å²) in [6.07, 6.45) is -0.391.